The Kier molecular flexibility index (Phi) is 5.89. The third-order valence-corrected chi connectivity index (χ3v) is 2.64. The topological polar surface area (TPSA) is 25.8 Å². The SMILES string of the molecule is C(#Cc1cccnc1)CCCCC#Cc1cccnc1. The highest BCUT2D eigenvalue weighted by Crippen LogP contribution is 1.99. The van der Waals surface area contributed by atoms with Gasteiger partial charge < -0.3 is 0 Å². The Labute approximate surface area is 120 Å². The van der Waals surface area contributed by atoms with Gasteiger partial charge in [0, 0.05) is 48.8 Å². The van der Waals surface area contributed by atoms with E-state index in [-0.39, 0.29) is 0 Å². The highest BCUT2D eigenvalue weighted by molar-refractivity contribution is 5.31. The molecule has 2 aromatic rings. The molecule has 2 nitrogen and oxygen atoms in total. The van der Waals surface area contributed by atoms with Crippen LogP contribution in [0, 0.1) is 23.7 Å². The highest BCUT2D eigenvalue weighted by atomic mass is 14.6. The van der Waals surface area contributed by atoms with E-state index in [0.717, 1.165) is 36.8 Å². The molecule has 0 spiro atoms. The predicted molar refractivity (Wildman–Crippen MR) is 80.7 cm³/mol. The lowest BCUT2D eigenvalue weighted by Crippen LogP contribution is -1.77. The van der Waals surface area contributed by atoms with Crippen LogP contribution in [-0.2, 0) is 0 Å². The minimum Gasteiger partial charge on any atom is -0.263 e. The van der Waals surface area contributed by atoms with Crippen LogP contribution in [0.15, 0.2) is 49.1 Å². The number of hydrogen-bond acceptors (Lipinski definition) is 2. The van der Waals surface area contributed by atoms with Crippen molar-refractivity contribution < 1.29 is 0 Å². The molecule has 2 heterocycles. The van der Waals surface area contributed by atoms with E-state index in [0.29, 0.717) is 0 Å². The van der Waals surface area contributed by atoms with Gasteiger partial charge in [0.15, 0.2) is 0 Å². The van der Waals surface area contributed by atoms with Crippen molar-refractivity contribution in [1.29, 1.82) is 0 Å². The van der Waals surface area contributed by atoms with Crippen LogP contribution in [0.4, 0.5) is 0 Å². The molecule has 0 fully saturated rings. The Morgan fingerprint density at radius 3 is 1.65 bits per heavy atom. The zero-order chi connectivity index (χ0) is 13.9. The van der Waals surface area contributed by atoms with Gasteiger partial charge in [0.2, 0.25) is 0 Å². The monoisotopic (exact) mass is 260 g/mol. The minimum atomic E-state index is 0.906. The molecule has 2 heteroatoms. The van der Waals surface area contributed by atoms with Gasteiger partial charge in [-0.05, 0) is 37.1 Å². The summed E-state index contributed by atoms with van der Waals surface area (Å²) >= 11 is 0. The molecule has 98 valence electrons. The lowest BCUT2D eigenvalue weighted by atomic mass is 10.2. The molecular weight excluding hydrogens is 244 g/mol. The third-order valence-electron chi connectivity index (χ3n) is 2.64. The Hall–Kier alpha value is -2.58. The fourth-order valence-corrected chi connectivity index (χ4v) is 1.63. The zero-order valence-corrected chi connectivity index (χ0v) is 11.3. The van der Waals surface area contributed by atoms with E-state index >= 15 is 0 Å². The Morgan fingerprint density at radius 1 is 0.750 bits per heavy atom. The third kappa shape index (κ3) is 5.38. The van der Waals surface area contributed by atoms with Crippen LogP contribution < -0.4 is 0 Å². The average Bonchev–Trinajstić information content (AvgIpc) is 2.52. The number of nitrogens with zero attached hydrogens (tertiary/aromatic N) is 2. The zero-order valence-electron chi connectivity index (χ0n) is 11.3. The van der Waals surface area contributed by atoms with Crippen LogP contribution in [0.1, 0.15) is 36.8 Å². The number of unbranched alkanes of at least 4 members (excludes halogenated alkanes) is 3. The second kappa shape index (κ2) is 8.51. The molecule has 0 saturated carbocycles. The van der Waals surface area contributed by atoms with Gasteiger partial charge in [0.1, 0.15) is 0 Å². The smallest absolute Gasteiger partial charge is 0.0428 e. The fourth-order valence-electron chi connectivity index (χ4n) is 1.63. The number of pyridine rings is 2. The summed E-state index contributed by atoms with van der Waals surface area (Å²) in [4.78, 5) is 8.05. The molecular formula is C18H16N2. The van der Waals surface area contributed by atoms with Crippen molar-refractivity contribution in [3.8, 4) is 23.7 Å². The van der Waals surface area contributed by atoms with Gasteiger partial charge in [-0.15, -0.1) is 0 Å². The van der Waals surface area contributed by atoms with Gasteiger partial charge in [-0.3, -0.25) is 9.97 Å². The second-order valence-corrected chi connectivity index (χ2v) is 4.29. The van der Waals surface area contributed by atoms with Crippen LogP contribution in [0.2, 0.25) is 0 Å². The van der Waals surface area contributed by atoms with E-state index in [1.807, 2.05) is 24.3 Å². The first-order valence-electron chi connectivity index (χ1n) is 6.73. The van der Waals surface area contributed by atoms with Gasteiger partial charge >= 0.3 is 0 Å². The van der Waals surface area contributed by atoms with E-state index < -0.39 is 0 Å². The maximum absolute atomic E-state index is 4.03. The Morgan fingerprint density at radius 2 is 1.25 bits per heavy atom. The average molecular weight is 260 g/mol. The summed E-state index contributed by atoms with van der Waals surface area (Å²) < 4.78 is 0. The molecule has 2 rings (SSSR count). The molecule has 20 heavy (non-hydrogen) atoms. The van der Waals surface area contributed by atoms with Gasteiger partial charge in [-0.2, -0.15) is 0 Å². The van der Waals surface area contributed by atoms with Crippen LogP contribution >= 0.6 is 0 Å². The van der Waals surface area contributed by atoms with Crippen molar-refractivity contribution in [2.24, 2.45) is 0 Å². The van der Waals surface area contributed by atoms with E-state index in [1.165, 1.54) is 0 Å². The Bertz CT molecular complexity index is 566. The molecule has 0 bridgehead atoms. The second-order valence-electron chi connectivity index (χ2n) is 4.29. The first-order chi connectivity index (χ1) is 9.95. The highest BCUT2D eigenvalue weighted by Gasteiger charge is 1.86. The quantitative estimate of drug-likeness (QED) is 0.624. The lowest BCUT2D eigenvalue weighted by Gasteiger charge is -1.90. The summed E-state index contributed by atoms with van der Waals surface area (Å²) in [6.07, 6.45) is 11.0. The number of aromatic nitrogens is 2. The standard InChI is InChI=1S/C18H16N2/c1(3-5-9-17-11-7-13-19-15-17)2-4-6-10-18-12-8-14-20-16-18/h7-8,11-16H,1-4H2. The van der Waals surface area contributed by atoms with E-state index in [4.69, 9.17) is 0 Å². The lowest BCUT2D eigenvalue weighted by molar-refractivity contribution is 0.782. The van der Waals surface area contributed by atoms with Crippen molar-refractivity contribution >= 4 is 0 Å². The molecule has 0 N–H and O–H groups in total. The summed E-state index contributed by atoms with van der Waals surface area (Å²) in [5, 5.41) is 0. The maximum atomic E-state index is 4.03. The summed E-state index contributed by atoms with van der Waals surface area (Å²) in [5.41, 5.74) is 1.95. The molecule has 0 saturated heterocycles. The molecule has 0 aromatic carbocycles. The van der Waals surface area contributed by atoms with E-state index in [9.17, 15) is 0 Å². The molecule has 0 atom stereocenters. The van der Waals surface area contributed by atoms with Crippen LogP contribution in [0.25, 0.3) is 0 Å². The molecule has 2 aromatic heterocycles. The number of rotatable bonds is 3. The van der Waals surface area contributed by atoms with Gasteiger partial charge in [0.05, 0.1) is 0 Å². The first kappa shape index (κ1) is 13.8. The van der Waals surface area contributed by atoms with Crippen LogP contribution in [-0.4, -0.2) is 9.97 Å². The summed E-state index contributed by atoms with van der Waals surface area (Å²) in [7, 11) is 0. The summed E-state index contributed by atoms with van der Waals surface area (Å²) in [6.45, 7) is 0. The van der Waals surface area contributed by atoms with E-state index in [2.05, 4.69) is 33.6 Å². The van der Waals surface area contributed by atoms with Gasteiger partial charge in [-0.25, -0.2) is 0 Å². The van der Waals surface area contributed by atoms with Crippen molar-refractivity contribution in [3.05, 3.63) is 60.2 Å². The van der Waals surface area contributed by atoms with Crippen molar-refractivity contribution in [1.82, 2.24) is 9.97 Å². The van der Waals surface area contributed by atoms with Crippen molar-refractivity contribution in [2.75, 3.05) is 0 Å². The summed E-state index contributed by atoms with van der Waals surface area (Å²) in [5.74, 6) is 12.5. The number of hydrogen-bond donors (Lipinski definition) is 0. The first-order valence-corrected chi connectivity index (χ1v) is 6.73. The van der Waals surface area contributed by atoms with Crippen molar-refractivity contribution in [3.63, 3.8) is 0 Å². The van der Waals surface area contributed by atoms with Gasteiger partial charge in [-0.1, -0.05) is 23.7 Å². The normalized spacial score (nSPS) is 9.00. The Balaban J connectivity index is 1.63. The van der Waals surface area contributed by atoms with Crippen LogP contribution in [0.5, 0.6) is 0 Å². The molecule has 0 amide bonds. The maximum Gasteiger partial charge on any atom is 0.0428 e. The minimum absolute atomic E-state index is 0.906. The van der Waals surface area contributed by atoms with Crippen LogP contribution in [0.3, 0.4) is 0 Å². The molecule has 0 aliphatic rings. The molecule has 0 radical (unpaired) electrons. The fraction of sp³-hybridized carbons (Fsp3) is 0.222. The van der Waals surface area contributed by atoms with Crippen molar-refractivity contribution in [2.45, 2.75) is 25.7 Å². The largest absolute Gasteiger partial charge is 0.263 e. The predicted octanol–water partition coefficient (Wildman–Crippen LogP) is 3.44. The molecule has 0 aliphatic carbocycles. The molecule has 0 aliphatic heterocycles. The van der Waals surface area contributed by atoms with E-state index in [1.54, 1.807) is 24.8 Å². The summed E-state index contributed by atoms with van der Waals surface area (Å²) in [6, 6.07) is 7.74. The molecule has 0 unspecified atom stereocenters. The van der Waals surface area contributed by atoms with Gasteiger partial charge in [0.25, 0.3) is 0 Å².